The minimum atomic E-state index is 0.321. The van der Waals surface area contributed by atoms with Crippen LogP contribution in [0.15, 0.2) is 64.0 Å². The number of nitrogens with zero attached hydrogens (tertiary/aromatic N) is 1. The van der Waals surface area contributed by atoms with Gasteiger partial charge in [0.15, 0.2) is 5.76 Å². The van der Waals surface area contributed by atoms with Gasteiger partial charge in [-0.3, -0.25) is 4.99 Å². The van der Waals surface area contributed by atoms with E-state index in [2.05, 4.69) is 43.3 Å². The topological polar surface area (TPSA) is 25.5 Å². The van der Waals surface area contributed by atoms with E-state index in [1.165, 1.54) is 10.9 Å². The lowest BCUT2D eigenvalue weighted by atomic mass is 10.0. The van der Waals surface area contributed by atoms with Crippen molar-refractivity contribution in [1.29, 1.82) is 0 Å². The van der Waals surface area contributed by atoms with Gasteiger partial charge in [0, 0.05) is 22.6 Å². The average Bonchev–Trinajstić information content (AvgIpc) is 2.81. The van der Waals surface area contributed by atoms with E-state index in [0.717, 1.165) is 35.5 Å². The third-order valence-electron chi connectivity index (χ3n) is 4.12. The maximum absolute atomic E-state index is 6.16. The molecule has 2 nitrogen and oxygen atoms in total. The molecule has 0 N–H and O–H groups in total. The van der Waals surface area contributed by atoms with Gasteiger partial charge in [-0.25, -0.2) is 0 Å². The van der Waals surface area contributed by atoms with E-state index < -0.39 is 0 Å². The van der Waals surface area contributed by atoms with E-state index in [9.17, 15) is 0 Å². The Morgan fingerprint density at radius 3 is 2.62 bits per heavy atom. The van der Waals surface area contributed by atoms with Crippen LogP contribution in [0.1, 0.15) is 30.2 Å². The molecule has 0 bridgehead atoms. The number of aryl methyl sites for hydroxylation is 1. The summed E-state index contributed by atoms with van der Waals surface area (Å²) in [7, 11) is 0. The number of fused-ring (bicyclic) bond motifs is 3. The zero-order valence-corrected chi connectivity index (χ0v) is 12.0. The van der Waals surface area contributed by atoms with Gasteiger partial charge in [-0.1, -0.05) is 48.5 Å². The first-order chi connectivity index (χ1) is 10.3. The van der Waals surface area contributed by atoms with Gasteiger partial charge in [0.1, 0.15) is 11.3 Å². The molecule has 0 radical (unpaired) electrons. The van der Waals surface area contributed by atoms with Gasteiger partial charge >= 0.3 is 0 Å². The number of benzene rings is 2. The second kappa shape index (κ2) is 4.88. The Morgan fingerprint density at radius 2 is 1.76 bits per heavy atom. The first kappa shape index (κ1) is 12.4. The molecular weight excluding hydrogens is 258 g/mol. The molecule has 0 saturated carbocycles. The van der Waals surface area contributed by atoms with Crippen molar-refractivity contribution in [2.75, 3.05) is 0 Å². The van der Waals surface area contributed by atoms with Crippen LogP contribution in [0.5, 0.6) is 0 Å². The Morgan fingerprint density at radius 1 is 1.00 bits per heavy atom. The summed E-state index contributed by atoms with van der Waals surface area (Å²) in [6.45, 7) is 2.18. The predicted octanol–water partition coefficient (Wildman–Crippen LogP) is 4.60. The van der Waals surface area contributed by atoms with E-state index in [1.54, 1.807) is 0 Å². The highest BCUT2D eigenvalue weighted by molar-refractivity contribution is 6.14. The Hall–Kier alpha value is -2.35. The maximum Gasteiger partial charge on any atom is 0.157 e. The van der Waals surface area contributed by atoms with Gasteiger partial charge in [0.2, 0.25) is 0 Å². The third kappa shape index (κ3) is 2.07. The van der Waals surface area contributed by atoms with E-state index in [0.29, 0.717) is 6.04 Å². The second-order valence-electron chi connectivity index (χ2n) is 5.64. The molecule has 1 atom stereocenters. The van der Waals surface area contributed by atoms with E-state index in [4.69, 9.17) is 9.41 Å². The van der Waals surface area contributed by atoms with E-state index in [1.807, 2.05) is 18.2 Å². The Labute approximate surface area is 124 Å². The molecule has 1 aliphatic rings. The number of hydrogen-bond acceptors (Lipinski definition) is 2. The quantitative estimate of drug-likeness (QED) is 0.637. The van der Waals surface area contributed by atoms with E-state index in [-0.39, 0.29) is 0 Å². The molecule has 0 fully saturated rings. The second-order valence-corrected chi connectivity index (χ2v) is 5.64. The number of para-hydroxylation sites is 1. The van der Waals surface area contributed by atoms with Crippen molar-refractivity contribution < 1.29 is 4.42 Å². The van der Waals surface area contributed by atoms with Gasteiger partial charge in [-0.05, 0) is 25.8 Å². The minimum Gasteiger partial charge on any atom is -0.454 e. The van der Waals surface area contributed by atoms with Gasteiger partial charge in [-0.15, -0.1) is 0 Å². The van der Waals surface area contributed by atoms with Crippen molar-refractivity contribution in [2.45, 2.75) is 25.8 Å². The van der Waals surface area contributed by atoms with Crippen LogP contribution < -0.4 is 0 Å². The van der Waals surface area contributed by atoms with Crippen LogP contribution >= 0.6 is 0 Å². The lowest BCUT2D eigenvalue weighted by Gasteiger charge is -2.06. The van der Waals surface area contributed by atoms with Crippen molar-refractivity contribution >= 4 is 16.7 Å². The Balaban J connectivity index is 1.98. The molecule has 0 amide bonds. The molecule has 21 heavy (non-hydrogen) atoms. The highest BCUT2D eigenvalue weighted by atomic mass is 16.3. The average molecular weight is 275 g/mol. The third-order valence-corrected chi connectivity index (χ3v) is 4.12. The van der Waals surface area contributed by atoms with Crippen molar-refractivity contribution in [1.82, 2.24) is 0 Å². The summed E-state index contributed by atoms with van der Waals surface area (Å²) in [5.74, 6) is 0.951. The van der Waals surface area contributed by atoms with Crippen LogP contribution in [0.25, 0.3) is 11.0 Å². The molecule has 0 spiro atoms. The first-order valence-electron chi connectivity index (χ1n) is 7.47. The monoisotopic (exact) mass is 275 g/mol. The molecule has 0 saturated heterocycles. The number of rotatable bonds is 1. The van der Waals surface area contributed by atoms with Crippen LogP contribution in [-0.2, 0) is 6.42 Å². The van der Waals surface area contributed by atoms with Crippen LogP contribution in [0.3, 0.4) is 0 Å². The summed E-state index contributed by atoms with van der Waals surface area (Å²) in [6, 6.07) is 18.9. The molecule has 2 aromatic carbocycles. The Kier molecular flexibility index (Phi) is 2.88. The summed E-state index contributed by atoms with van der Waals surface area (Å²) in [5, 5.41) is 1.23. The number of furan rings is 1. The fraction of sp³-hybridized carbons (Fsp3) is 0.211. The van der Waals surface area contributed by atoms with Crippen LogP contribution in [0.4, 0.5) is 0 Å². The lowest BCUT2D eigenvalue weighted by Crippen LogP contribution is -2.05. The van der Waals surface area contributed by atoms with Crippen LogP contribution in [-0.4, -0.2) is 11.8 Å². The molecule has 1 unspecified atom stereocenters. The summed E-state index contributed by atoms with van der Waals surface area (Å²) < 4.78 is 6.16. The molecule has 1 aromatic heterocycles. The standard InChI is InChI=1S/C19H17NO/c1-13-11-12-16-15-9-5-6-10-17(15)21-19(16)18(20-13)14-7-3-2-4-8-14/h2-10,13H,11-12H2,1H3. The number of aliphatic imine (C=N–C) groups is 1. The lowest BCUT2D eigenvalue weighted by molar-refractivity contribution is 0.600. The fourth-order valence-corrected chi connectivity index (χ4v) is 3.04. The molecule has 1 aliphatic heterocycles. The molecule has 2 heteroatoms. The molecule has 0 aliphatic carbocycles. The SMILES string of the molecule is CC1CCc2c(oc3ccccc23)C(c2ccccc2)=N1. The van der Waals surface area contributed by atoms with Gasteiger partial charge in [0.25, 0.3) is 0 Å². The maximum atomic E-state index is 6.16. The molecule has 104 valence electrons. The molecule has 3 aromatic rings. The zero-order valence-electron chi connectivity index (χ0n) is 12.0. The highest BCUT2D eigenvalue weighted by Crippen LogP contribution is 2.31. The summed E-state index contributed by atoms with van der Waals surface area (Å²) in [6.07, 6.45) is 2.08. The van der Waals surface area contributed by atoms with Crippen molar-refractivity contribution in [3.63, 3.8) is 0 Å². The van der Waals surface area contributed by atoms with Gasteiger partial charge in [-0.2, -0.15) is 0 Å². The highest BCUT2D eigenvalue weighted by Gasteiger charge is 2.23. The predicted molar refractivity (Wildman–Crippen MR) is 86.1 cm³/mol. The molecule has 4 rings (SSSR count). The van der Waals surface area contributed by atoms with E-state index >= 15 is 0 Å². The van der Waals surface area contributed by atoms with Crippen molar-refractivity contribution in [3.8, 4) is 0 Å². The molecular formula is C19H17NO. The largest absolute Gasteiger partial charge is 0.454 e. The minimum absolute atomic E-state index is 0.321. The first-order valence-corrected chi connectivity index (χ1v) is 7.47. The normalized spacial score (nSPS) is 18.1. The van der Waals surface area contributed by atoms with Crippen molar-refractivity contribution in [3.05, 3.63) is 71.5 Å². The summed E-state index contributed by atoms with van der Waals surface area (Å²) in [5.41, 5.74) is 4.39. The fourth-order valence-electron chi connectivity index (χ4n) is 3.04. The van der Waals surface area contributed by atoms with Crippen molar-refractivity contribution in [2.24, 2.45) is 4.99 Å². The van der Waals surface area contributed by atoms with Gasteiger partial charge < -0.3 is 4.42 Å². The van der Waals surface area contributed by atoms with Crippen LogP contribution in [0, 0.1) is 0 Å². The smallest absolute Gasteiger partial charge is 0.157 e. The summed E-state index contributed by atoms with van der Waals surface area (Å²) >= 11 is 0. The molecule has 2 heterocycles. The zero-order chi connectivity index (χ0) is 14.2. The van der Waals surface area contributed by atoms with Crippen LogP contribution in [0.2, 0.25) is 0 Å². The summed E-state index contributed by atoms with van der Waals surface area (Å²) in [4.78, 5) is 4.91. The van der Waals surface area contributed by atoms with Gasteiger partial charge in [0.05, 0.1) is 0 Å². The Bertz CT molecular complexity index is 814. The number of hydrogen-bond donors (Lipinski definition) is 0.